The van der Waals surface area contributed by atoms with Crippen molar-refractivity contribution < 1.29 is 28.2 Å². The van der Waals surface area contributed by atoms with E-state index < -0.39 is 34.4 Å². The van der Waals surface area contributed by atoms with E-state index in [0.717, 1.165) is 6.20 Å². The Morgan fingerprint density at radius 2 is 2.11 bits per heavy atom. The molecule has 1 aromatic rings. The highest BCUT2D eigenvalue weighted by Crippen LogP contribution is 2.09. The van der Waals surface area contributed by atoms with E-state index in [2.05, 4.69) is 5.10 Å². The quantitative estimate of drug-likeness (QED) is 0.586. The van der Waals surface area contributed by atoms with Crippen LogP contribution in [0.15, 0.2) is 17.3 Å². The molecule has 3 N–H and O–H groups in total. The first kappa shape index (κ1) is 15.1. The number of sulfonamides is 1. The number of hydrogen-bond acceptors (Lipinski definition) is 5. The molecular weight excluding hydrogens is 278 g/mol. The van der Waals surface area contributed by atoms with Gasteiger partial charge >= 0.3 is 11.9 Å². The Morgan fingerprint density at radius 3 is 2.53 bits per heavy atom. The highest BCUT2D eigenvalue weighted by Gasteiger charge is 2.26. The van der Waals surface area contributed by atoms with Crippen LogP contribution in [0.5, 0.6) is 0 Å². The zero-order valence-corrected chi connectivity index (χ0v) is 10.8. The summed E-state index contributed by atoms with van der Waals surface area (Å²) >= 11 is 0. The molecule has 9 nitrogen and oxygen atoms in total. The van der Waals surface area contributed by atoms with E-state index in [0.29, 0.717) is 0 Å². The predicted octanol–water partition coefficient (Wildman–Crippen LogP) is -0.984. The highest BCUT2D eigenvalue weighted by atomic mass is 32.2. The lowest BCUT2D eigenvalue weighted by molar-refractivity contribution is -0.140. The predicted molar refractivity (Wildman–Crippen MR) is 61.8 cm³/mol. The molecule has 0 bridgehead atoms. The molecule has 1 rings (SSSR count). The first-order chi connectivity index (χ1) is 8.72. The largest absolute Gasteiger partial charge is 0.481 e. The Morgan fingerprint density at radius 1 is 1.47 bits per heavy atom. The van der Waals surface area contributed by atoms with Gasteiger partial charge in [0.15, 0.2) is 0 Å². The second-order valence-corrected chi connectivity index (χ2v) is 5.51. The fourth-order valence-electron chi connectivity index (χ4n) is 1.29. The van der Waals surface area contributed by atoms with Gasteiger partial charge in [0, 0.05) is 19.7 Å². The maximum absolute atomic E-state index is 11.8. The molecule has 1 heterocycles. The van der Waals surface area contributed by atoms with Crippen molar-refractivity contribution >= 4 is 22.0 Å². The molecule has 1 unspecified atom stereocenters. The molecule has 0 saturated heterocycles. The molecule has 0 aliphatic rings. The maximum Gasteiger partial charge on any atom is 0.321 e. The summed E-state index contributed by atoms with van der Waals surface area (Å²) in [6, 6.07) is -1.50. The average molecular weight is 291 g/mol. The lowest BCUT2D eigenvalue weighted by Crippen LogP contribution is -2.40. The van der Waals surface area contributed by atoms with E-state index in [1.54, 1.807) is 0 Å². The zero-order valence-electron chi connectivity index (χ0n) is 9.98. The number of carboxylic acids is 2. The second kappa shape index (κ2) is 5.80. The number of nitrogens with zero attached hydrogens (tertiary/aromatic N) is 2. The Bertz CT molecular complexity index is 579. The summed E-state index contributed by atoms with van der Waals surface area (Å²) in [6.45, 7) is 0. The molecule has 1 atom stereocenters. The summed E-state index contributed by atoms with van der Waals surface area (Å²) in [5, 5.41) is 21.0. The van der Waals surface area contributed by atoms with Gasteiger partial charge in [-0.1, -0.05) is 0 Å². The van der Waals surface area contributed by atoms with Crippen molar-refractivity contribution in [2.24, 2.45) is 7.05 Å². The molecule has 0 aliphatic heterocycles. The Kier molecular flexibility index (Phi) is 4.62. The van der Waals surface area contributed by atoms with Crippen LogP contribution >= 0.6 is 0 Å². The number of carboxylic acid groups (broad SMARTS) is 2. The molecule has 106 valence electrons. The third-order valence-corrected chi connectivity index (χ3v) is 3.66. The van der Waals surface area contributed by atoms with Crippen molar-refractivity contribution in [3.8, 4) is 0 Å². The fraction of sp³-hybridized carbons (Fsp3) is 0.444. The molecule has 0 fully saturated rings. The summed E-state index contributed by atoms with van der Waals surface area (Å²) in [5.74, 6) is -2.64. The first-order valence-corrected chi connectivity index (χ1v) is 6.66. The minimum Gasteiger partial charge on any atom is -0.481 e. The van der Waals surface area contributed by atoms with E-state index in [1.165, 1.54) is 17.9 Å². The number of aromatic nitrogens is 2. The highest BCUT2D eigenvalue weighted by molar-refractivity contribution is 7.89. The summed E-state index contributed by atoms with van der Waals surface area (Å²) in [4.78, 5) is 21.1. The van der Waals surface area contributed by atoms with Crippen LogP contribution in [-0.4, -0.2) is 46.4 Å². The molecule has 0 aromatic carbocycles. The molecule has 0 aliphatic carbocycles. The van der Waals surface area contributed by atoms with Crippen LogP contribution in [0.3, 0.4) is 0 Å². The van der Waals surface area contributed by atoms with Crippen molar-refractivity contribution in [3.63, 3.8) is 0 Å². The van der Waals surface area contributed by atoms with Gasteiger partial charge in [-0.05, 0) is 6.42 Å². The van der Waals surface area contributed by atoms with Crippen LogP contribution in [0.25, 0.3) is 0 Å². The van der Waals surface area contributed by atoms with Crippen molar-refractivity contribution in [1.82, 2.24) is 14.5 Å². The van der Waals surface area contributed by atoms with E-state index in [-0.39, 0.29) is 11.3 Å². The standard InChI is InChI=1S/C9H13N3O6S/c1-12-5-6(4-10-12)19(17,18)11-7(9(15)16)2-3-8(13)14/h4-5,7,11H,2-3H2,1H3,(H,13,14)(H,15,16). The normalized spacial score (nSPS) is 13.1. The van der Waals surface area contributed by atoms with E-state index >= 15 is 0 Å². The third-order valence-electron chi connectivity index (χ3n) is 2.23. The molecule has 0 spiro atoms. The Labute approximate surface area is 108 Å². The lowest BCUT2D eigenvalue weighted by atomic mass is 10.2. The fourth-order valence-corrected chi connectivity index (χ4v) is 2.50. The van der Waals surface area contributed by atoms with Crippen LogP contribution < -0.4 is 4.72 Å². The van der Waals surface area contributed by atoms with Gasteiger partial charge < -0.3 is 10.2 Å². The summed E-state index contributed by atoms with van der Waals surface area (Å²) in [5.41, 5.74) is 0. The van der Waals surface area contributed by atoms with E-state index in [1.807, 2.05) is 4.72 Å². The zero-order chi connectivity index (χ0) is 14.6. The van der Waals surface area contributed by atoms with Gasteiger partial charge in [0.1, 0.15) is 10.9 Å². The van der Waals surface area contributed by atoms with Gasteiger partial charge in [-0.3, -0.25) is 14.3 Å². The van der Waals surface area contributed by atoms with Crippen LogP contribution in [0.1, 0.15) is 12.8 Å². The average Bonchev–Trinajstić information content (AvgIpc) is 2.71. The molecule has 10 heteroatoms. The number of carbonyl (C=O) groups is 2. The minimum absolute atomic E-state index is 0.184. The number of hydrogen-bond donors (Lipinski definition) is 3. The number of aryl methyl sites for hydroxylation is 1. The van der Waals surface area contributed by atoms with Crippen LogP contribution in [-0.2, 0) is 26.7 Å². The van der Waals surface area contributed by atoms with Gasteiger partial charge in [-0.25, -0.2) is 8.42 Å². The van der Waals surface area contributed by atoms with Gasteiger partial charge in [0.05, 0.1) is 6.20 Å². The van der Waals surface area contributed by atoms with E-state index in [9.17, 15) is 18.0 Å². The summed E-state index contributed by atoms with van der Waals surface area (Å²) < 4.78 is 26.8. The molecule has 0 radical (unpaired) electrons. The SMILES string of the molecule is Cn1cc(S(=O)(=O)NC(CCC(=O)O)C(=O)O)cn1. The molecule has 1 aromatic heterocycles. The number of nitrogens with one attached hydrogen (secondary N) is 1. The van der Waals surface area contributed by atoms with Crippen LogP contribution in [0, 0.1) is 0 Å². The van der Waals surface area contributed by atoms with Gasteiger partial charge in [-0.15, -0.1) is 0 Å². The Balaban J connectivity index is 2.84. The molecule has 0 amide bonds. The molecule has 19 heavy (non-hydrogen) atoms. The van der Waals surface area contributed by atoms with Crippen LogP contribution in [0.4, 0.5) is 0 Å². The minimum atomic E-state index is -4.04. The molecule has 0 saturated carbocycles. The monoisotopic (exact) mass is 291 g/mol. The number of rotatable bonds is 7. The van der Waals surface area contributed by atoms with Crippen molar-refractivity contribution in [1.29, 1.82) is 0 Å². The third kappa shape index (κ3) is 4.34. The Hall–Kier alpha value is -1.94. The van der Waals surface area contributed by atoms with Crippen LogP contribution in [0.2, 0.25) is 0 Å². The number of aliphatic carboxylic acids is 2. The van der Waals surface area contributed by atoms with Gasteiger partial charge in [-0.2, -0.15) is 9.82 Å². The molecular formula is C9H13N3O6S. The van der Waals surface area contributed by atoms with Gasteiger partial charge in [0.2, 0.25) is 10.0 Å². The van der Waals surface area contributed by atoms with Gasteiger partial charge in [0.25, 0.3) is 0 Å². The lowest BCUT2D eigenvalue weighted by Gasteiger charge is -2.12. The smallest absolute Gasteiger partial charge is 0.321 e. The maximum atomic E-state index is 11.8. The summed E-state index contributed by atoms with van der Waals surface area (Å²) in [6.07, 6.45) is 1.48. The second-order valence-electron chi connectivity index (χ2n) is 3.79. The van der Waals surface area contributed by atoms with E-state index in [4.69, 9.17) is 10.2 Å². The first-order valence-electron chi connectivity index (χ1n) is 5.18. The van der Waals surface area contributed by atoms with Crippen molar-refractivity contribution in [3.05, 3.63) is 12.4 Å². The van der Waals surface area contributed by atoms with Crippen molar-refractivity contribution in [2.75, 3.05) is 0 Å². The van der Waals surface area contributed by atoms with Crippen molar-refractivity contribution in [2.45, 2.75) is 23.8 Å². The summed E-state index contributed by atoms with van der Waals surface area (Å²) in [7, 11) is -2.53. The topological polar surface area (TPSA) is 139 Å².